The molecule has 2 aliphatic carbocycles. The molecular formula is C23H30F3IN2O. The van der Waals surface area contributed by atoms with E-state index in [0.29, 0.717) is 24.3 Å². The molecule has 30 heavy (non-hydrogen) atoms. The SMILES string of the molecule is CC1=CC=C(C(=O)NC2=CC=C(CCC3CCN(C)CC3)CC2C(F)(F)F)CC1I. The number of hydrogen-bond donors (Lipinski definition) is 1. The Bertz CT molecular complexity index is 774. The number of alkyl halides is 4. The minimum atomic E-state index is -4.38. The van der Waals surface area contributed by atoms with Crippen molar-refractivity contribution in [3.8, 4) is 0 Å². The molecule has 1 N–H and O–H groups in total. The number of carbonyl (C=O) groups excluding carboxylic acids is 1. The third kappa shape index (κ3) is 6.22. The Kier molecular flexibility index (Phi) is 7.87. The molecule has 1 amide bonds. The number of hydrogen-bond acceptors (Lipinski definition) is 2. The van der Waals surface area contributed by atoms with Gasteiger partial charge in [-0.15, -0.1) is 0 Å². The van der Waals surface area contributed by atoms with Crippen molar-refractivity contribution in [1.82, 2.24) is 10.2 Å². The summed E-state index contributed by atoms with van der Waals surface area (Å²) in [6.07, 6.45) is 6.81. The van der Waals surface area contributed by atoms with Gasteiger partial charge in [0.05, 0.1) is 5.92 Å². The predicted octanol–water partition coefficient (Wildman–Crippen LogP) is 5.70. The first-order valence-electron chi connectivity index (χ1n) is 10.6. The lowest BCUT2D eigenvalue weighted by molar-refractivity contribution is -0.165. The number of likely N-dealkylation sites (tertiary alicyclic amines) is 1. The zero-order valence-corrected chi connectivity index (χ0v) is 19.7. The fourth-order valence-electron chi connectivity index (χ4n) is 4.25. The summed E-state index contributed by atoms with van der Waals surface area (Å²) in [5, 5.41) is 2.56. The van der Waals surface area contributed by atoms with Crippen molar-refractivity contribution in [1.29, 1.82) is 0 Å². The van der Waals surface area contributed by atoms with Crippen LogP contribution in [0.25, 0.3) is 0 Å². The van der Waals surface area contributed by atoms with Crippen molar-refractivity contribution in [2.24, 2.45) is 11.8 Å². The highest BCUT2D eigenvalue weighted by Gasteiger charge is 2.44. The Morgan fingerprint density at radius 2 is 1.87 bits per heavy atom. The normalized spacial score (nSPS) is 26.5. The molecule has 1 aliphatic heterocycles. The van der Waals surface area contributed by atoms with E-state index in [1.807, 2.05) is 13.0 Å². The number of rotatable bonds is 5. The fourth-order valence-corrected chi connectivity index (χ4v) is 4.93. The molecule has 2 unspecified atom stereocenters. The molecule has 166 valence electrons. The molecule has 0 spiro atoms. The zero-order valence-electron chi connectivity index (χ0n) is 17.6. The van der Waals surface area contributed by atoms with Crippen LogP contribution in [0.15, 0.2) is 46.7 Å². The molecule has 2 atom stereocenters. The molecule has 3 aliphatic rings. The van der Waals surface area contributed by atoms with Gasteiger partial charge in [-0.05, 0) is 77.6 Å². The van der Waals surface area contributed by atoms with Gasteiger partial charge in [0.2, 0.25) is 0 Å². The Labute approximate surface area is 190 Å². The fraction of sp³-hybridized carbons (Fsp3) is 0.609. The summed E-state index contributed by atoms with van der Waals surface area (Å²) in [4.78, 5) is 14.9. The lowest BCUT2D eigenvalue weighted by Crippen LogP contribution is -2.37. The van der Waals surface area contributed by atoms with E-state index < -0.39 is 18.0 Å². The Hall–Kier alpha value is -1.09. The van der Waals surface area contributed by atoms with E-state index in [1.165, 1.54) is 6.08 Å². The largest absolute Gasteiger partial charge is 0.397 e. The summed E-state index contributed by atoms with van der Waals surface area (Å²) < 4.78 is 41.5. The maximum atomic E-state index is 13.8. The van der Waals surface area contributed by atoms with Crippen molar-refractivity contribution < 1.29 is 18.0 Å². The van der Waals surface area contributed by atoms with Gasteiger partial charge in [0.15, 0.2) is 0 Å². The van der Waals surface area contributed by atoms with Crippen molar-refractivity contribution in [3.05, 3.63) is 46.7 Å². The number of nitrogens with zero attached hydrogens (tertiary/aromatic N) is 1. The van der Waals surface area contributed by atoms with E-state index in [0.717, 1.165) is 43.5 Å². The monoisotopic (exact) mass is 534 g/mol. The first-order valence-corrected chi connectivity index (χ1v) is 11.9. The third-order valence-corrected chi connectivity index (χ3v) is 7.86. The Balaban J connectivity index is 1.65. The van der Waals surface area contributed by atoms with Crippen molar-refractivity contribution in [2.75, 3.05) is 20.1 Å². The molecule has 0 radical (unpaired) electrons. The summed E-state index contributed by atoms with van der Waals surface area (Å²) >= 11 is 2.25. The van der Waals surface area contributed by atoms with Crippen LogP contribution < -0.4 is 5.32 Å². The second-order valence-corrected chi connectivity index (χ2v) is 10.3. The summed E-state index contributed by atoms with van der Waals surface area (Å²) in [6, 6.07) is 0. The van der Waals surface area contributed by atoms with Crippen LogP contribution in [0.3, 0.4) is 0 Å². The first kappa shape index (κ1) is 23.6. The van der Waals surface area contributed by atoms with Gasteiger partial charge in [-0.2, -0.15) is 13.2 Å². The highest BCUT2D eigenvalue weighted by molar-refractivity contribution is 14.1. The highest BCUT2D eigenvalue weighted by atomic mass is 127. The van der Waals surface area contributed by atoms with E-state index in [1.54, 1.807) is 12.2 Å². The van der Waals surface area contributed by atoms with Crippen LogP contribution in [0.5, 0.6) is 0 Å². The molecule has 1 saturated heterocycles. The van der Waals surface area contributed by atoms with E-state index in [-0.39, 0.29) is 16.0 Å². The maximum Gasteiger partial charge on any atom is 0.397 e. The van der Waals surface area contributed by atoms with Crippen molar-refractivity contribution in [3.63, 3.8) is 0 Å². The third-order valence-electron chi connectivity index (χ3n) is 6.44. The van der Waals surface area contributed by atoms with Gasteiger partial charge in [0, 0.05) is 15.2 Å². The number of piperidine rings is 1. The second kappa shape index (κ2) is 10.0. The molecule has 0 aromatic heterocycles. The molecule has 7 heteroatoms. The van der Waals surface area contributed by atoms with Crippen molar-refractivity contribution >= 4 is 28.5 Å². The van der Waals surface area contributed by atoms with Crippen molar-refractivity contribution in [2.45, 2.75) is 55.5 Å². The van der Waals surface area contributed by atoms with E-state index >= 15 is 0 Å². The maximum absolute atomic E-state index is 13.8. The smallest absolute Gasteiger partial charge is 0.325 e. The number of allylic oxidation sites excluding steroid dienone is 7. The lowest BCUT2D eigenvalue weighted by Gasteiger charge is -2.31. The van der Waals surface area contributed by atoms with Gasteiger partial charge in [-0.25, -0.2) is 0 Å². The summed E-state index contributed by atoms with van der Waals surface area (Å²) in [5.41, 5.74) is 2.48. The van der Waals surface area contributed by atoms with Crippen LogP contribution in [-0.4, -0.2) is 41.0 Å². The van der Waals surface area contributed by atoms with E-state index in [9.17, 15) is 18.0 Å². The number of nitrogens with one attached hydrogen (secondary N) is 1. The predicted molar refractivity (Wildman–Crippen MR) is 122 cm³/mol. The van der Waals surface area contributed by atoms with Crippen LogP contribution in [-0.2, 0) is 4.79 Å². The number of halogens is 4. The zero-order chi connectivity index (χ0) is 21.9. The molecule has 0 saturated carbocycles. The summed E-state index contributed by atoms with van der Waals surface area (Å²) in [7, 11) is 2.11. The number of carbonyl (C=O) groups is 1. The number of amides is 1. The molecular weight excluding hydrogens is 504 g/mol. The van der Waals surface area contributed by atoms with Crippen LogP contribution in [0.1, 0.15) is 45.4 Å². The second-order valence-electron chi connectivity index (χ2n) is 8.76. The lowest BCUT2D eigenvalue weighted by atomic mass is 9.84. The average molecular weight is 534 g/mol. The molecule has 0 bridgehead atoms. The van der Waals surface area contributed by atoms with Crippen LogP contribution >= 0.6 is 22.6 Å². The highest BCUT2D eigenvalue weighted by Crippen LogP contribution is 2.40. The molecule has 1 heterocycles. The van der Waals surface area contributed by atoms with Gasteiger partial charge < -0.3 is 10.2 Å². The van der Waals surface area contributed by atoms with Gasteiger partial charge in [0.1, 0.15) is 0 Å². The first-order chi connectivity index (χ1) is 14.1. The summed E-state index contributed by atoms with van der Waals surface area (Å²) in [6.45, 7) is 4.12. The van der Waals surface area contributed by atoms with E-state index in [4.69, 9.17) is 0 Å². The molecule has 1 fully saturated rings. The van der Waals surface area contributed by atoms with Gasteiger partial charge >= 0.3 is 6.18 Å². The Morgan fingerprint density at radius 3 is 2.50 bits per heavy atom. The van der Waals surface area contributed by atoms with Crippen LogP contribution in [0.2, 0.25) is 0 Å². The van der Waals surface area contributed by atoms with Gasteiger partial charge in [0.25, 0.3) is 5.91 Å². The molecule has 0 aromatic rings. The topological polar surface area (TPSA) is 32.3 Å². The van der Waals surface area contributed by atoms with Gasteiger partial charge in [-0.3, -0.25) is 4.79 Å². The quantitative estimate of drug-likeness (QED) is 0.363. The van der Waals surface area contributed by atoms with Crippen LogP contribution in [0.4, 0.5) is 13.2 Å². The molecule has 3 rings (SSSR count). The standard InChI is InChI=1S/C23H30F3IN2O/c1-15-3-7-18(14-20(15)27)22(30)28-21-8-6-17(13-19(21)23(24,25)26)5-4-16-9-11-29(2)12-10-16/h3,6-8,16,19-20H,4-5,9-14H2,1-2H3,(H,28,30). The van der Waals surface area contributed by atoms with E-state index in [2.05, 4.69) is 39.9 Å². The molecule has 3 nitrogen and oxygen atoms in total. The summed E-state index contributed by atoms with van der Waals surface area (Å²) in [5.74, 6) is -1.48. The minimum absolute atomic E-state index is 0.0345. The van der Waals surface area contributed by atoms with Crippen LogP contribution in [0, 0.1) is 11.8 Å². The minimum Gasteiger partial charge on any atom is -0.325 e. The Morgan fingerprint density at radius 1 is 1.17 bits per heavy atom. The molecule has 0 aromatic carbocycles. The van der Waals surface area contributed by atoms with Gasteiger partial charge in [-0.1, -0.05) is 52.0 Å². The average Bonchev–Trinajstić information content (AvgIpc) is 2.69.